The number of halogens is 3. The van der Waals surface area contributed by atoms with E-state index in [1.165, 1.54) is 6.07 Å². The summed E-state index contributed by atoms with van der Waals surface area (Å²) in [6.07, 6.45) is 2.94. The van der Waals surface area contributed by atoms with Gasteiger partial charge in [-0.3, -0.25) is 0 Å². The van der Waals surface area contributed by atoms with Gasteiger partial charge in [0.15, 0.2) is 0 Å². The molecule has 4 nitrogen and oxygen atoms in total. The topological polar surface area (TPSA) is 72.2 Å². The van der Waals surface area contributed by atoms with E-state index in [-0.39, 0.29) is 34.4 Å². The second-order valence-electron chi connectivity index (χ2n) is 4.81. The molecular formula is C12H17Cl2FN2O2S. The molecule has 0 amide bonds. The molecule has 114 valence electrons. The van der Waals surface area contributed by atoms with Crippen molar-refractivity contribution in [1.29, 1.82) is 0 Å². The Labute approximate surface area is 129 Å². The van der Waals surface area contributed by atoms with Gasteiger partial charge in [-0.25, -0.2) is 17.5 Å². The molecule has 1 aromatic carbocycles. The third kappa shape index (κ3) is 4.30. The van der Waals surface area contributed by atoms with Gasteiger partial charge >= 0.3 is 0 Å². The zero-order chi connectivity index (χ0) is 14.0. The van der Waals surface area contributed by atoms with Gasteiger partial charge in [-0.2, -0.15) is 0 Å². The molecule has 1 saturated carbocycles. The lowest BCUT2D eigenvalue weighted by atomic mass is 9.93. The van der Waals surface area contributed by atoms with E-state index in [4.69, 9.17) is 17.3 Å². The summed E-state index contributed by atoms with van der Waals surface area (Å²) in [5.74, 6) is -0.629. The van der Waals surface area contributed by atoms with E-state index in [0.717, 1.165) is 25.0 Å². The van der Waals surface area contributed by atoms with Crippen LogP contribution in [0.5, 0.6) is 0 Å². The van der Waals surface area contributed by atoms with Crippen LogP contribution in [0.2, 0.25) is 5.02 Å². The van der Waals surface area contributed by atoms with Crippen molar-refractivity contribution in [3.8, 4) is 0 Å². The summed E-state index contributed by atoms with van der Waals surface area (Å²) in [5.41, 5.74) is 5.77. The van der Waals surface area contributed by atoms with Gasteiger partial charge in [-0.05, 0) is 43.9 Å². The Morgan fingerprint density at radius 2 is 1.85 bits per heavy atom. The van der Waals surface area contributed by atoms with Gasteiger partial charge in [0.1, 0.15) is 10.7 Å². The lowest BCUT2D eigenvalue weighted by Crippen LogP contribution is -2.40. The fourth-order valence-corrected chi connectivity index (χ4v) is 4.02. The Morgan fingerprint density at radius 1 is 1.25 bits per heavy atom. The Balaban J connectivity index is 0.00000200. The van der Waals surface area contributed by atoms with Crippen LogP contribution in [0.3, 0.4) is 0 Å². The molecule has 0 saturated heterocycles. The first kappa shape index (κ1) is 17.7. The lowest BCUT2D eigenvalue weighted by Gasteiger charge is -2.26. The molecule has 0 spiro atoms. The molecule has 1 aliphatic rings. The molecule has 0 radical (unpaired) electrons. The van der Waals surface area contributed by atoms with Crippen molar-refractivity contribution in [3.63, 3.8) is 0 Å². The Kier molecular flexibility index (Phi) is 6.22. The van der Waals surface area contributed by atoms with Crippen molar-refractivity contribution in [3.05, 3.63) is 29.0 Å². The number of rotatable bonds is 3. The maximum atomic E-state index is 13.1. The molecule has 0 unspecified atom stereocenters. The summed E-state index contributed by atoms with van der Waals surface area (Å²) < 4.78 is 40.0. The Bertz CT molecular complexity index is 561. The van der Waals surface area contributed by atoms with E-state index in [2.05, 4.69) is 4.72 Å². The van der Waals surface area contributed by atoms with Crippen molar-refractivity contribution in [2.24, 2.45) is 5.73 Å². The van der Waals surface area contributed by atoms with Crippen LogP contribution in [0, 0.1) is 5.82 Å². The molecule has 8 heteroatoms. The minimum Gasteiger partial charge on any atom is -0.328 e. The second-order valence-corrected chi connectivity index (χ2v) is 6.90. The number of nitrogens with one attached hydrogen (secondary N) is 1. The van der Waals surface area contributed by atoms with Crippen molar-refractivity contribution >= 4 is 34.0 Å². The number of hydrogen-bond acceptors (Lipinski definition) is 3. The first-order chi connectivity index (χ1) is 8.88. The van der Waals surface area contributed by atoms with Crippen LogP contribution in [-0.2, 0) is 10.0 Å². The molecule has 20 heavy (non-hydrogen) atoms. The second kappa shape index (κ2) is 7.04. The summed E-state index contributed by atoms with van der Waals surface area (Å²) in [6.45, 7) is 0. The van der Waals surface area contributed by atoms with Crippen molar-refractivity contribution < 1.29 is 12.8 Å². The van der Waals surface area contributed by atoms with Crippen molar-refractivity contribution in [2.75, 3.05) is 0 Å². The van der Waals surface area contributed by atoms with Crippen LogP contribution in [-0.4, -0.2) is 20.5 Å². The van der Waals surface area contributed by atoms with E-state index in [0.29, 0.717) is 12.8 Å². The molecule has 1 aromatic rings. The molecule has 2 rings (SSSR count). The van der Waals surface area contributed by atoms with E-state index >= 15 is 0 Å². The normalized spacial score (nSPS) is 23.1. The SMILES string of the molecule is Cl.NC1CCC(NS(=O)(=O)c2cc(F)ccc2Cl)CC1. The standard InChI is InChI=1S/C12H16ClFN2O2S.ClH/c13-11-6-1-8(14)7-12(11)19(17,18)16-10-4-2-9(15)3-5-10;/h1,6-7,9-10,16H,2-5,15H2;1H. The molecule has 3 N–H and O–H groups in total. The summed E-state index contributed by atoms with van der Waals surface area (Å²) in [4.78, 5) is -0.218. The van der Waals surface area contributed by atoms with Crippen molar-refractivity contribution in [1.82, 2.24) is 4.72 Å². The highest BCUT2D eigenvalue weighted by atomic mass is 35.5. The molecule has 0 aliphatic heterocycles. The molecular weight excluding hydrogens is 326 g/mol. The third-order valence-electron chi connectivity index (χ3n) is 3.28. The lowest BCUT2D eigenvalue weighted by molar-refractivity contribution is 0.373. The first-order valence-corrected chi connectivity index (χ1v) is 7.97. The monoisotopic (exact) mass is 342 g/mol. The summed E-state index contributed by atoms with van der Waals surface area (Å²) in [5, 5.41) is 0.0152. The van der Waals surface area contributed by atoms with Gasteiger partial charge in [0.2, 0.25) is 10.0 Å². The van der Waals surface area contributed by atoms with Gasteiger partial charge in [0.05, 0.1) is 5.02 Å². The highest BCUT2D eigenvalue weighted by Crippen LogP contribution is 2.24. The maximum absolute atomic E-state index is 13.1. The number of nitrogens with two attached hydrogens (primary N) is 1. The highest BCUT2D eigenvalue weighted by Gasteiger charge is 2.26. The quantitative estimate of drug-likeness (QED) is 0.886. The van der Waals surface area contributed by atoms with E-state index in [1.54, 1.807) is 0 Å². The Hall–Kier alpha value is -0.400. The van der Waals surface area contributed by atoms with Gasteiger partial charge in [-0.1, -0.05) is 11.6 Å². The minimum absolute atomic E-state index is 0. The van der Waals surface area contributed by atoms with Gasteiger partial charge < -0.3 is 5.73 Å². The van der Waals surface area contributed by atoms with Crippen LogP contribution in [0.25, 0.3) is 0 Å². The van der Waals surface area contributed by atoms with Crippen molar-refractivity contribution in [2.45, 2.75) is 42.7 Å². The average Bonchev–Trinajstić information content (AvgIpc) is 2.35. The fourth-order valence-electron chi connectivity index (χ4n) is 2.20. The summed E-state index contributed by atoms with van der Waals surface area (Å²) in [7, 11) is -3.79. The van der Waals surface area contributed by atoms with Crippen LogP contribution < -0.4 is 10.5 Å². The van der Waals surface area contributed by atoms with Gasteiger partial charge in [0, 0.05) is 12.1 Å². The molecule has 1 fully saturated rings. The maximum Gasteiger partial charge on any atom is 0.242 e. The zero-order valence-corrected chi connectivity index (χ0v) is 13.1. The van der Waals surface area contributed by atoms with Gasteiger partial charge in [-0.15, -0.1) is 12.4 Å². The average molecular weight is 343 g/mol. The fraction of sp³-hybridized carbons (Fsp3) is 0.500. The zero-order valence-electron chi connectivity index (χ0n) is 10.7. The van der Waals surface area contributed by atoms with Crippen LogP contribution in [0.1, 0.15) is 25.7 Å². The van der Waals surface area contributed by atoms with E-state index in [9.17, 15) is 12.8 Å². The number of sulfonamides is 1. The minimum atomic E-state index is -3.79. The van der Waals surface area contributed by atoms with Crippen LogP contribution >= 0.6 is 24.0 Å². The molecule has 0 bridgehead atoms. The summed E-state index contributed by atoms with van der Waals surface area (Å²) in [6, 6.07) is 3.27. The van der Waals surface area contributed by atoms with Gasteiger partial charge in [0.25, 0.3) is 0 Å². The predicted molar refractivity (Wildman–Crippen MR) is 79.2 cm³/mol. The number of hydrogen-bond donors (Lipinski definition) is 2. The third-order valence-corrected chi connectivity index (χ3v) is 5.28. The highest BCUT2D eigenvalue weighted by molar-refractivity contribution is 7.89. The molecule has 1 aliphatic carbocycles. The Morgan fingerprint density at radius 3 is 2.45 bits per heavy atom. The first-order valence-electron chi connectivity index (χ1n) is 6.11. The summed E-state index contributed by atoms with van der Waals surface area (Å²) >= 11 is 5.82. The number of benzene rings is 1. The van der Waals surface area contributed by atoms with Crippen LogP contribution in [0.15, 0.2) is 23.1 Å². The van der Waals surface area contributed by atoms with E-state index < -0.39 is 15.8 Å². The molecule has 0 atom stereocenters. The molecule has 0 heterocycles. The predicted octanol–water partition coefficient (Wildman–Crippen LogP) is 2.45. The van der Waals surface area contributed by atoms with Crippen LogP contribution in [0.4, 0.5) is 4.39 Å². The largest absolute Gasteiger partial charge is 0.328 e. The smallest absolute Gasteiger partial charge is 0.242 e. The van der Waals surface area contributed by atoms with E-state index in [1.807, 2.05) is 0 Å². The molecule has 0 aromatic heterocycles.